The molecule has 0 aliphatic carbocycles. The van der Waals surface area contributed by atoms with E-state index in [9.17, 15) is 18.9 Å². The van der Waals surface area contributed by atoms with Crippen molar-refractivity contribution in [2.75, 3.05) is 6.61 Å². The molecule has 0 bridgehead atoms. The summed E-state index contributed by atoms with van der Waals surface area (Å²) in [4.78, 5) is 31.0. The molecular weight excluding hydrogens is 342 g/mol. The number of nitrogens with one attached hydrogen (secondary N) is 1. The molecule has 1 saturated heterocycles. The number of aryl methyl sites for hydroxylation is 1. The quantitative estimate of drug-likeness (QED) is 0.446. The van der Waals surface area contributed by atoms with Gasteiger partial charge in [-0.15, -0.1) is 0 Å². The molecule has 1 aromatic heterocycles. The molecule has 4 N–H and O–H groups in total. The number of nitrogens with zero attached hydrogens (tertiary/aromatic N) is 1. The van der Waals surface area contributed by atoms with Gasteiger partial charge in [0, 0.05) is 11.8 Å². The molecule has 12 heteroatoms. The molecule has 0 unspecified atom stereocenters. The van der Waals surface area contributed by atoms with E-state index < -0.39 is 44.6 Å². The van der Waals surface area contributed by atoms with E-state index in [-0.39, 0.29) is 4.77 Å². The van der Waals surface area contributed by atoms with E-state index in [0.717, 1.165) is 0 Å². The molecule has 3 atom stereocenters. The van der Waals surface area contributed by atoms with Crippen LogP contribution in [0.2, 0.25) is 0 Å². The van der Waals surface area contributed by atoms with E-state index >= 15 is 0 Å². The highest BCUT2D eigenvalue weighted by molar-refractivity contribution is 7.71. The third kappa shape index (κ3) is 3.87. The zero-order valence-corrected chi connectivity index (χ0v) is 13.0. The molecule has 1 aliphatic heterocycles. The van der Waals surface area contributed by atoms with Crippen LogP contribution < -0.4 is 5.56 Å². The number of aromatic amines is 1. The van der Waals surface area contributed by atoms with Crippen LogP contribution in [-0.2, 0) is 13.8 Å². The first-order chi connectivity index (χ1) is 9.99. The number of aromatic nitrogens is 2. The van der Waals surface area contributed by atoms with Gasteiger partial charge >= 0.3 is 7.82 Å². The average Bonchev–Trinajstić information content (AvgIpc) is 2.65. The molecule has 9 nitrogen and oxygen atoms in total. The first kappa shape index (κ1) is 17.4. The maximum atomic E-state index is 14.1. The van der Waals surface area contributed by atoms with E-state index in [4.69, 9.17) is 26.7 Å². The van der Waals surface area contributed by atoms with Crippen molar-refractivity contribution in [2.45, 2.75) is 31.5 Å². The molecule has 0 aromatic carbocycles. The summed E-state index contributed by atoms with van der Waals surface area (Å²) >= 11 is 4.94. The van der Waals surface area contributed by atoms with Crippen LogP contribution in [0.5, 0.6) is 0 Å². The van der Waals surface area contributed by atoms with E-state index in [1.54, 1.807) is 0 Å². The number of ether oxygens (including phenoxy) is 1. The van der Waals surface area contributed by atoms with Gasteiger partial charge in [-0.3, -0.25) is 18.9 Å². The van der Waals surface area contributed by atoms with Gasteiger partial charge in [-0.1, -0.05) is 0 Å². The summed E-state index contributed by atoms with van der Waals surface area (Å²) in [7, 11) is -4.82. The summed E-state index contributed by atoms with van der Waals surface area (Å²) < 4.78 is 35.3. The minimum Gasteiger partial charge on any atom is -0.360 e. The van der Waals surface area contributed by atoms with E-state index in [2.05, 4.69) is 9.51 Å². The van der Waals surface area contributed by atoms with Gasteiger partial charge in [0.25, 0.3) is 5.56 Å². The lowest BCUT2D eigenvalue weighted by Gasteiger charge is -2.19. The Hall–Kier alpha value is -0.940. The lowest BCUT2D eigenvalue weighted by Crippen LogP contribution is -2.36. The lowest BCUT2D eigenvalue weighted by molar-refractivity contribution is -0.148. The Morgan fingerprint density at radius 1 is 1.68 bits per heavy atom. The van der Waals surface area contributed by atoms with Crippen molar-refractivity contribution < 1.29 is 33.1 Å². The largest absolute Gasteiger partial charge is 0.469 e. The number of H-pyrrole nitrogens is 1. The van der Waals surface area contributed by atoms with E-state index in [0.29, 0.717) is 5.56 Å². The Bertz CT molecular complexity index is 727. The number of phosphoric ester groups is 1. The molecule has 124 valence electrons. The van der Waals surface area contributed by atoms with Gasteiger partial charge in [-0.25, -0.2) is 8.96 Å². The van der Waals surface area contributed by atoms with Crippen LogP contribution in [0.1, 0.15) is 18.2 Å². The van der Waals surface area contributed by atoms with Gasteiger partial charge in [-0.05, 0) is 19.1 Å². The first-order valence-electron chi connectivity index (χ1n) is 6.08. The second-order valence-electron chi connectivity index (χ2n) is 4.87. The van der Waals surface area contributed by atoms with Gasteiger partial charge in [-0.2, -0.15) is 0 Å². The molecule has 1 aliphatic rings. The zero-order chi connectivity index (χ0) is 16.7. The standard InChI is InChI=1S/C10H14FN2O7PS/c1-5-3-13(9(22)12-8(5)14)7-2-10(11,15)6(20-7)4-19-21(16,17)18/h3,6-7,15H,2,4H2,1H3,(H,12,14,22)(H2,16,17,18)/t6-,7-,10+/m1/s1. The van der Waals surface area contributed by atoms with Crippen LogP contribution in [0.4, 0.5) is 4.39 Å². The predicted molar refractivity (Wildman–Crippen MR) is 73.2 cm³/mol. The van der Waals surface area contributed by atoms with Crippen molar-refractivity contribution in [2.24, 2.45) is 0 Å². The smallest absolute Gasteiger partial charge is 0.360 e. The average molecular weight is 356 g/mol. The highest BCUT2D eigenvalue weighted by Gasteiger charge is 2.49. The number of rotatable bonds is 4. The number of alkyl halides is 1. The topological polar surface area (TPSA) is 134 Å². The summed E-state index contributed by atoms with van der Waals surface area (Å²) in [5, 5.41) is 9.65. The van der Waals surface area contributed by atoms with Crippen LogP contribution in [0.15, 0.2) is 11.0 Å². The minimum absolute atomic E-state index is 0.0343. The number of aliphatic hydroxyl groups is 1. The minimum atomic E-state index is -4.82. The Labute approximate surface area is 128 Å². The van der Waals surface area contributed by atoms with Gasteiger partial charge in [0.05, 0.1) is 13.0 Å². The fraction of sp³-hybridized carbons (Fsp3) is 0.600. The molecule has 0 amide bonds. The highest BCUT2D eigenvalue weighted by atomic mass is 32.1. The molecule has 1 aromatic rings. The number of hydrogen-bond donors (Lipinski definition) is 4. The summed E-state index contributed by atoms with van der Waals surface area (Å²) in [6.45, 7) is 0.665. The SMILES string of the molecule is Cc1cn([C@H]2C[C@@](O)(F)[C@@H](COP(=O)(O)O)O2)c(=S)[nH]c1=O. The third-order valence-corrected chi connectivity index (χ3v) is 3.92. The van der Waals surface area contributed by atoms with Crippen LogP contribution in [-0.4, -0.2) is 43.0 Å². The maximum Gasteiger partial charge on any atom is 0.469 e. The summed E-state index contributed by atoms with van der Waals surface area (Å²) in [5.41, 5.74) is -0.106. The number of phosphoric acid groups is 1. The van der Waals surface area contributed by atoms with Crippen LogP contribution in [0.3, 0.4) is 0 Å². The Morgan fingerprint density at radius 2 is 2.32 bits per heavy atom. The van der Waals surface area contributed by atoms with Crippen molar-refractivity contribution in [1.29, 1.82) is 0 Å². The van der Waals surface area contributed by atoms with E-state index in [1.807, 2.05) is 0 Å². The van der Waals surface area contributed by atoms with Crippen LogP contribution >= 0.6 is 20.0 Å². The van der Waals surface area contributed by atoms with Crippen molar-refractivity contribution in [3.05, 3.63) is 26.9 Å². The van der Waals surface area contributed by atoms with Gasteiger partial charge in [0.2, 0.25) is 5.85 Å². The highest BCUT2D eigenvalue weighted by Crippen LogP contribution is 2.42. The fourth-order valence-electron chi connectivity index (χ4n) is 2.01. The second kappa shape index (κ2) is 5.93. The summed E-state index contributed by atoms with van der Waals surface area (Å²) in [5.74, 6) is -2.86. The van der Waals surface area contributed by atoms with Gasteiger partial charge in [0.1, 0.15) is 12.3 Å². The molecular formula is C10H14FN2O7PS. The third-order valence-electron chi connectivity index (χ3n) is 3.13. The predicted octanol–water partition coefficient (Wildman–Crippen LogP) is 0.269. The lowest BCUT2D eigenvalue weighted by atomic mass is 10.1. The zero-order valence-electron chi connectivity index (χ0n) is 11.3. The Balaban J connectivity index is 2.23. The fourth-order valence-corrected chi connectivity index (χ4v) is 2.61. The van der Waals surface area contributed by atoms with Gasteiger partial charge < -0.3 is 19.6 Å². The number of hydrogen-bond acceptors (Lipinski definition) is 6. The van der Waals surface area contributed by atoms with Crippen molar-refractivity contribution in [3.63, 3.8) is 0 Å². The van der Waals surface area contributed by atoms with E-state index in [1.165, 1.54) is 17.7 Å². The Kier molecular flexibility index (Phi) is 4.69. The first-order valence-corrected chi connectivity index (χ1v) is 8.02. The molecule has 0 saturated carbocycles. The molecule has 2 rings (SSSR count). The van der Waals surface area contributed by atoms with Crippen molar-refractivity contribution in [1.82, 2.24) is 9.55 Å². The molecule has 0 spiro atoms. The summed E-state index contributed by atoms with van der Waals surface area (Å²) in [6, 6.07) is 0. The Morgan fingerprint density at radius 3 is 2.91 bits per heavy atom. The normalized spacial score (nSPS) is 29.0. The van der Waals surface area contributed by atoms with Crippen molar-refractivity contribution in [3.8, 4) is 0 Å². The van der Waals surface area contributed by atoms with Crippen LogP contribution in [0.25, 0.3) is 0 Å². The molecule has 2 heterocycles. The monoisotopic (exact) mass is 356 g/mol. The second-order valence-corrected chi connectivity index (χ2v) is 6.49. The van der Waals surface area contributed by atoms with Crippen molar-refractivity contribution >= 4 is 20.0 Å². The van der Waals surface area contributed by atoms with Gasteiger partial charge in [0.15, 0.2) is 4.77 Å². The molecule has 1 fully saturated rings. The maximum absolute atomic E-state index is 14.1. The molecule has 22 heavy (non-hydrogen) atoms. The van der Waals surface area contributed by atoms with Crippen LogP contribution in [0, 0.1) is 11.7 Å². The summed E-state index contributed by atoms with van der Waals surface area (Å²) in [6.07, 6.45) is -1.86. The number of halogens is 1. The molecule has 0 radical (unpaired) electrons.